The summed E-state index contributed by atoms with van der Waals surface area (Å²) in [6.07, 6.45) is 1.92. The van der Waals surface area contributed by atoms with Crippen molar-refractivity contribution in [3.8, 4) is 11.1 Å². The fourth-order valence-electron chi connectivity index (χ4n) is 2.78. The number of rotatable bonds is 3. The number of Topliss-reactive ketones (excluding diaryl/α,β-unsaturated/α-hetero) is 1. The van der Waals surface area contributed by atoms with Gasteiger partial charge in [0.1, 0.15) is 0 Å². The Hall–Kier alpha value is -1.93. The molecule has 0 amide bonds. The van der Waals surface area contributed by atoms with E-state index in [0.29, 0.717) is 5.78 Å². The predicted octanol–water partition coefficient (Wildman–Crippen LogP) is 3.54. The van der Waals surface area contributed by atoms with Crippen LogP contribution < -0.4 is 5.32 Å². The van der Waals surface area contributed by atoms with Gasteiger partial charge in [-0.3, -0.25) is 4.79 Å². The molecule has 0 spiro atoms. The van der Waals surface area contributed by atoms with Crippen LogP contribution in [0.2, 0.25) is 0 Å². The lowest BCUT2D eigenvalue weighted by Crippen LogP contribution is -2.31. The van der Waals surface area contributed by atoms with Crippen LogP contribution >= 0.6 is 0 Å². The quantitative estimate of drug-likeness (QED) is 0.860. The highest BCUT2D eigenvalue weighted by molar-refractivity contribution is 5.98. The zero-order valence-electron chi connectivity index (χ0n) is 11.5. The third-order valence-electron chi connectivity index (χ3n) is 3.99. The van der Waals surface area contributed by atoms with Crippen molar-refractivity contribution in [2.24, 2.45) is 5.92 Å². The highest BCUT2D eigenvalue weighted by Gasteiger charge is 2.21. The largest absolute Gasteiger partial charge is 0.317 e. The Kier molecular flexibility index (Phi) is 3.93. The van der Waals surface area contributed by atoms with Crippen molar-refractivity contribution in [3.63, 3.8) is 0 Å². The molecule has 0 radical (unpaired) electrons. The van der Waals surface area contributed by atoms with Gasteiger partial charge < -0.3 is 5.32 Å². The van der Waals surface area contributed by atoms with E-state index in [9.17, 15) is 4.79 Å². The van der Waals surface area contributed by atoms with E-state index in [4.69, 9.17) is 0 Å². The summed E-state index contributed by atoms with van der Waals surface area (Å²) >= 11 is 0. The minimum absolute atomic E-state index is 0.193. The molecule has 20 heavy (non-hydrogen) atoms. The molecule has 2 heteroatoms. The molecule has 2 aromatic carbocycles. The molecule has 1 heterocycles. The Morgan fingerprint density at radius 2 is 1.45 bits per heavy atom. The van der Waals surface area contributed by atoms with Crippen LogP contribution in [-0.2, 0) is 0 Å². The summed E-state index contributed by atoms with van der Waals surface area (Å²) in [6, 6.07) is 18.3. The first kappa shape index (κ1) is 13.1. The van der Waals surface area contributed by atoms with Crippen molar-refractivity contribution >= 4 is 5.78 Å². The fraction of sp³-hybridized carbons (Fsp3) is 0.278. The molecule has 0 unspecified atom stereocenters. The van der Waals surface area contributed by atoms with Gasteiger partial charge in [0.2, 0.25) is 0 Å². The van der Waals surface area contributed by atoms with Gasteiger partial charge in [-0.05, 0) is 37.1 Å². The zero-order valence-corrected chi connectivity index (χ0v) is 11.5. The Bertz CT molecular complexity index is 568. The van der Waals surface area contributed by atoms with Crippen LogP contribution in [0.15, 0.2) is 54.6 Å². The second-order valence-electron chi connectivity index (χ2n) is 5.33. The number of piperidine rings is 1. The normalized spacial score (nSPS) is 16.0. The van der Waals surface area contributed by atoms with E-state index in [2.05, 4.69) is 17.4 Å². The lowest BCUT2D eigenvalue weighted by Gasteiger charge is -2.21. The van der Waals surface area contributed by atoms with E-state index in [0.717, 1.165) is 37.1 Å². The minimum atomic E-state index is 0.193. The van der Waals surface area contributed by atoms with Crippen molar-refractivity contribution < 1.29 is 4.79 Å². The molecule has 0 bridgehead atoms. The van der Waals surface area contributed by atoms with Crippen LogP contribution in [0.1, 0.15) is 23.2 Å². The van der Waals surface area contributed by atoms with Gasteiger partial charge in [0.05, 0.1) is 0 Å². The van der Waals surface area contributed by atoms with Gasteiger partial charge in [-0.1, -0.05) is 54.6 Å². The lowest BCUT2D eigenvalue weighted by atomic mass is 9.89. The Morgan fingerprint density at radius 1 is 0.850 bits per heavy atom. The molecular weight excluding hydrogens is 246 g/mol. The van der Waals surface area contributed by atoms with E-state index in [1.54, 1.807) is 0 Å². The molecule has 1 aliphatic heterocycles. The van der Waals surface area contributed by atoms with Gasteiger partial charge >= 0.3 is 0 Å². The van der Waals surface area contributed by atoms with Gasteiger partial charge in [-0.15, -0.1) is 0 Å². The van der Waals surface area contributed by atoms with Crippen molar-refractivity contribution in [2.75, 3.05) is 13.1 Å². The first-order chi connectivity index (χ1) is 9.84. The number of carbonyl (C=O) groups is 1. The fourth-order valence-corrected chi connectivity index (χ4v) is 2.78. The third kappa shape index (κ3) is 2.81. The molecule has 1 N–H and O–H groups in total. The van der Waals surface area contributed by atoms with Crippen molar-refractivity contribution in [3.05, 3.63) is 60.2 Å². The smallest absolute Gasteiger partial charge is 0.166 e. The summed E-state index contributed by atoms with van der Waals surface area (Å²) in [5.41, 5.74) is 3.19. The van der Waals surface area contributed by atoms with Crippen LogP contribution in [0.3, 0.4) is 0 Å². The van der Waals surface area contributed by atoms with Gasteiger partial charge in [-0.25, -0.2) is 0 Å². The molecule has 0 atom stereocenters. The summed E-state index contributed by atoms with van der Waals surface area (Å²) in [4.78, 5) is 12.4. The van der Waals surface area contributed by atoms with E-state index >= 15 is 0 Å². The van der Waals surface area contributed by atoms with Gasteiger partial charge in [0.25, 0.3) is 0 Å². The van der Waals surface area contributed by atoms with E-state index in [-0.39, 0.29) is 5.92 Å². The number of benzene rings is 2. The molecule has 0 aliphatic carbocycles. The van der Waals surface area contributed by atoms with Crippen molar-refractivity contribution in [2.45, 2.75) is 12.8 Å². The Balaban J connectivity index is 1.77. The van der Waals surface area contributed by atoms with Crippen LogP contribution in [0.5, 0.6) is 0 Å². The summed E-state index contributed by atoms with van der Waals surface area (Å²) in [5.74, 6) is 0.491. The number of hydrogen-bond donors (Lipinski definition) is 1. The van der Waals surface area contributed by atoms with E-state index < -0.39 is 0 Å². The highest BCUT2D eigenvalue weighted by atomic mass is 16.1. The Morgan fingerprint density at radius 3 is 2.10 bits per heavy atom. The second-order valence-corrected chi connectivity index (χ2v) is 5.33. The van der Waals surface area contributed by atoms with E-state index in [1.165, 1.54) is 5.56 Å². The first-order valence-electron chi connectivity index (χ1n) is 7.25. The Labute approximate surface area is 119 Å². The van der Waals surface area contributed by atoms with Crippen molar-refractivity contribution in [1.29, 1.82) is 0 Å². The standard InChI is InChI=1S/C18H19NO/c20-18(17-10-12-19-13-11-17)16-8-6-15(7-9-16)14-4-2-1-3-5-14/h1-9,17,19H,10-13H2. The first-order valence-corrected chi connectivity index (χ1v) is 7.25. The monoisotopic (exact) mass is 265 g/mol. The molecule has 1 saturated heterocycles. The zero-order chi connectivity index (χ0) is 13.8. The third-order valence-corrected chi connectivity index (χ3v) is 3.99. The van der Waals surface area contributed by atoms with E-state index in [1.807, 2.05) is 42.5 Å². The summed E-state index contributed by atoms with van der Waals surface area (Å²) in [5, 5.41) is 3.30. The number of nitrogens with one attached hydrogen (secondary N) is 1. The summed E-state index contributed by atoms with van der Waals surface area (Å²) in [6.45, 7) is 1.91. The molecule has 2 aromatic rings. The maximum absolute atomic E-state index is 12.4. The summed E-state index contributed by atoms with van der Waals surface area (Å²) in [7, 11) is 0. The minimum Gasteiger partial charge on any atom is -0.317 e. The average molecular weight is 265 g/mol. The topological polar surface area (TPSA) is 29.1 Å². The number of carbonyl (C=O) groups excluding carboxylic acids is 1. The lowest BCUT2D eigenvalue weighted by molar-refractivity contribution is 0.0895. The van der Waals surface area contributed by atoms with Gasteiger partial charge in [0, 0.05) is 11.5 Å². The number of ketones is 1. The average Bonchev–Trinajstić information content (AvgIpc) is 2.56. The van der Waals surface area contributed by atoms with Gasteiger partial charge in [-0.2, -0.15) is 0 Å². The second kappa shape index (κ2) is 6.02. The van der Waals surface area contributed by atoms with Crippen LogP contribution in [0.4, 0.5) is 0 Å². The maximum atomic E-state index is 12.4. The SMILES string of the molecule is O=C(c1ccc(-c2ccccc2)cc1)C1CCNCC1. The molecule has 0 aromatic heterocycles. The molecule has 3 rings (SSSR count). The summed E-state index contributed by atoms with van der Waals surface area (Å²) < 4.78 is 0. The molecule has 1 aliphatic rings. The van der Waals surface area contributed by atoms with Crippen LogP contribution in [-0.4, -0.2) is 18.9 Å². The molecule has 1 fully saturated rings. The van der Waals surface area contributed by atoms with Crippen molar-refractivity contribution in [1.82, 2.24) is 5.32 Å². The molecule has 0 saturated carbocycles. The van der Waals surface area contributed by atoms with Gasteiger partial charge in [0.15, 0.2) is 5.78 Å². The van der Waals surface area contributed by atoms with Crippen LogP contribution in [0.25, 0.3) is 11.1 Å². The predicted molar refractivity (Wildman–Crippen MR) is 81.8 cm³/mol. The maximum Gasteiger partial charge on any atom is 0.166 e. The molecule has 2 nitrogen and oxygen atoms in total. The molecular formula is C18H19NO. The van der Waals surface area contributed by atoms with Crippen LogP contribution in [0, 0.1) is 5.92 Å². The number of hydrogen-bond acceptors (Lipinski definition) is 2. The highest BCUT2D eigenvalue weighted by Crippen LogP contribution is 2.22. The molecule has 102 valence electrons.